The van der Waals surface area contributed by atoms with E-state index in [-0.39, 0.29) is 11.6 Å². The van der Waals surface area contributed by atoms with Gasteiger partial charge in [0.15, 0.2) is 0 Å². The summed E-state index contributed by atoms with van der Waals surface area (Å²) in [6, 6.07) is 0.144. The van der Waals surface area contributed by atoms with Gasteiger partial charge in [-0.3, -0.25) is 9.78 Å². The van der Waals surface area contributed by atoms with E-state index in [9.17, 15) is 9.59 Å². The largest absolute Gasteiger partial charge is 0.377 e. The molecule has 2 N–H and O–H groups in total. The summed E-state index contributed by atoms with van der Waals surface area (Å²) >= 11 is 0. The zero-order valence-corrected chi connectivity index (χ0v) is 8.45. The summed E-state index contributed by atoms with van der Waals surface area (Å²) in [5.74, 6) is 0. The number of nitrogens with one attached hydrogen (secondary N) is 2. The van der Waals surface area contributed by atoms with E-state index < -0.39 is 5.69 Å². The first-order valence-electron chi connectivity index (χ1n) is 4.85. The van der Waals surface area contributed by atoms with Crippen molar-refractivity contribution < 1.29 is 4.74 Å². The smallest absolute Gasteiger partial charge is 0.325 e. The second-order valence-electron chi connectivity index (χ2n) is 3.57. The molecule has 0 amide bonds. The van der Waals surface area contributed by atoms with E-state index in [2.05, 4.69) is 9.97 Å². The minimum absolute atomic E-state index is 0.144. The summed E-state index contributed by atoms with van der Waals surface area (Å²) in [5, 5.41) is 0. The van der Waals surface area contributed by atoms with Crippen LogP contribution in [0.25, 0.3) is 0 Å². The van der Waals surface area contributed by atoms with E-state index in [1.54, 1.807) is 0 Å². The van der Waals surface area contributed by atoms with Crippen molar-refractivity contribution in [1.82, 2.24) is 9.97 Å². The van der Waals surface area contributed by atoms with Crippen molar-refractivity contribution in [1.29, 1.82) is 0 Å². The number of morpholine rings is 1. The van der Waals surface area contributed by atoms with E-state index in [0.717, 1.165) is 0 Å². The summed E-state index contributed by atoms with van der Waals surface area (Å²) in [5.41, 5.74) is -0.345. The van der Waals surface area contributed by atoms with Crippen LogP contribution in [0.2, 0.25) is 0 Å². The predicted octanol–water partition coefficient (Wildman–Crippen LogP) is -0.712. The summed E-state index contributed by atoms with van der Waals surface area (Å²) < 4.78 is 5.27. The molecule has 1 fully saturated rings. The lowest BCUT2D eigenvalue weighted by Gasteiger charge is -2.34. The molecule has 2 heterocycles. The maximum absolute atomic E-state index is 11.5. The maximum atomic E-state index is 11.5. The number of aromatic nitrogens is 2. The lowest BCUT2D eigenvalue weighted by atomic mass is 10.2. The second-order valence-corrected chi connectivity index (χ2v) is 3.57. The summed E-state index contributed by atoms with van der Waals surface area (Å²) in [4.78, 5) is 29.0. The molecular weight excluding hydrogens is 198 g/mol. The van der Waals surface area contributed by atoms with Gasteiger partial charge in [0.2, 0.25) is 0 Å². The summed E-state index contributed by atoms with van der Waals surface area (Å²) in [6.45, 7) is 3.83. The minimum Gasteiger partial charge on any atom is -0.377 e. The lowest BCUT2D eigenvalue weighted by molar-refractivity contribution is 0.0988. The molecule has 6 heteroatoms. The SMILES string of the molecule is CC1COCCN1c1c[nH]c(=O)[nH]c1=O. The number of hydrogen-bond donors (Lipinski definition) is 2. The molecule has 15 heavy (non-hydrogen) atoms. The van der Waals surface area contributed by atoms with Crippen LogP contribution in [0, 0.1) is 0 Å². The van der Waals surface area contributed by atoms with Crippen LogP contribution >= 0.6 is 0 Å². The highest BCUT2D eigenvalue weighted by atomic mass is 16.5. The van der Waals surface area contributed by atoms with Gasteiger partial charge in [-0.2, -0.15) is 0 Å². The first-order valence-corrected chi connectivity index (χ1v) is 4.85. The Bertz CT molecular complexity index is 450. The zero-order valence-electron chi connectivity index (χ0n) is 8.45. The highest BCUT2D eigenvalue weighted by Crippen LogP contribution is 2.12. The number of nitrogens with zero attached hydrogens (tertiary/aromatic N) is 1. The third-order valence-electron chi connectivity index (χ3n) is 2.48. The van der Waals surface area contributed by atoms with Crippen molar-refractivity contribution in [2.24, 2.45) is 0 Å². The summed E-state index contributed by atoms with van der Waals surface area (Å²) in [6.07, 6.45) is 1.45. The van der Waals surface area contributed by atoms with Crippen molar-refractivity contribution in [3.8, 4) is 0 Å². The average Bonchev–Trinajstić information content (AvgIpc) is 2.20. The second kappa shape index (κ2) is 3.90. The third kappa shape index (κ3) is 1.94. The van der Waals surface area contributed by atoms with Crippen LogP contribution in [-0.4, -0.2) is 35.8 Å². The van der Waals surface area contributed by atoms with Gasteiger partial charge in [0.05, 0.1) is 13.2 Å². The molecular formula is C9H13N3O3. The van der Waals surface area contributed by atoms with Crippen molar-refractivity contribution in [3.63, 3.8) is 0 Å². The fourth-order valence-corrected chi connectivity index (χ4v) is 1.70. The van der Waals surface area contributed by atoms with Crippen LogP contribution in [0.4, 0.5) is 5.69 Å². The Labute approximate surface area is 85.9 Å². The molecule has 0 spiro atoms. The number of H-pyrrole nitrogens is 2. The number of anilines is 1. The van der Waals surface area contributed by atoms with Crippen molar-refractivity contribution in [2.45, 2.75) is 13.0 Å². The van der Waals surface area contributed by atoms with Gasteiger partial charge in [0.25, 0.3) is 5.56 Å². The van der Waals surface area contributed by atoms with Gasteiger partial charge in [-0.15, -0.1) is 0 Å². The molecule has 2 rings (SSSR count). The quantitative estimate of drug-likeness (QED) is 0.643. The lowest BCUT2D eigenvalue weighted by Crippen LogP contribution is -2.46. The van der Waals surface area contributed by atoms with Crippen LogP contribution in [0.1, 0.15) is 6.92 Å². The minimum atomic E-state index is -0.482. The highest BCUT2D eigenvalue weighted by Gasteiger charge is 2.21. The molecule has 1 aliphatic rings. The Morgan fingerprint density at radius 3 is 3.00 bits per heavy atom. The Morgan fingerprint density at radius 1 is 1.53 bits per heavy atom. The van der Waals surface area contributed by atoms with Gasteiger partial charge in [0, 0.05) is 18.8 Å². The number of rotatable bonds is 1. The Kier molecular flexibility index (Phi) is 2.59. The van der Waals surface area contributed by atoms with Crippen LogP contribution in [-0.2, 0) is 4.74 Å². The Hall–Kier alpha value is -1.56. The number of aromatic amines is 2. The van der Waals surface area contributed by atoms with Gasteiger partial charge in [-0.1, -0.05) is 0 Å². The van der Waals surface area contributed by atoms with Crippen molar-refractivity contribution in [3.05, 3.63) is 27.0 Å². The van der Waals surface area contributed by atoms with E-state index in [0.29, 0.717) is 25.4 Å². The molecule has 6 nitrogen and oxygen atoms in total. The average molecular weight is 211 g/mol. The monoisotopic (exact) mass is 211 g/mol. The molecule has 0 aliphatic carbocycles. The van der Waals surface area contributed by atoms with Crippen molar-refractivity contribution in [2.75, 3.05) is 24.7 Å². The van der Waals surface area contributed by atoms with Gasteiger partial charge in [0.1, 0.15) is 5.69 Å². The van der Waals surface area contributed by atoms with E-state index in [4.69, 9.17) is 4.74 Å². The molecule has 1 aromatic rings. The van der Waals surface area contributed by atoms with Crippen LogP contribution in [0.5, 0.6) is 0 Å². The Balaban J connectivity index is 2.36. The highest BCUT2D eigenvalue weighted by molar-refractivity contribution is 5.43. The first kappa shape index (κ1) is 9.97. The topological polar surface area (TPSA) is 78.2 Å². The third-order valence-corrected chi connectivity index (χ3v) is 2.48. The molecule has 1 aliphatic heterocycles. The molecule has 0 aromatic carbocycles. The van der Waals surface area contributed by atoms with Crippen LogP contribution in [0.15, 0.2) is 15.8 Å². The van der Waals surface area contributed by atoms with Crippen LogP contribution in [0.3, 0.4) is 0 Å². The molecule has 0 radical (unpaired) electrons. The molecule has 1 unspecified atom stereocenters. The summed E-state index contributed by atoms with van der Waals surface area (Å²) in [7, 11) is 0. The molecule has 82 valence electrons. The fourth-order valence-electron chi connectivity index (χ4n) is 1.70. The number of hydrogen-bond acceptors (Lipinski definition) is 4. The normalized spacial score (nSPS) is 21.7. The number of ether oxygens (including phenoxy) is 1. The standard InChI is InChI=1S/C9H13N3O3/c1-6-5-15-3-2-12(6)7-4-10-9(14)11-8(7)13/h4,6H,2-3,5H2,1H3,(H2,10,11,13,14). The molecule has 1 saturated heterocycles. The molecule has 0 saturated carbocycles. The van der Waals surface area contributed by atoms with Gasteiger partial charge in [-0.05, 0) is 6.92 Å². The predicted molar refractivity (Wildman–Crippen MR) is 55.3 cm³/mol. The maximum Gasteiger partial charge on any atom is 0.325 e. The van der Waals surface area contributed by atoms with E-state index >= 15 is 0 Å². The molecule has 1 atom stereocenters. The molecule has 0 bridgehead atoms. The van der Waals surface area contributed by atoms with Gasteiger partial charge in [-0.25, -0.2) is 4.79 Å². The molecule has 1 aromatic heterocycles. The zero-order chi connectivity index (χ0) is 10.8. The van der Waals surface area contributed by atoms with E-state index in [1.165, 1.54) is 6.20 Å². The van der Waals surface area contributed by atoms with Crippen molar-refractivity contribution >= 4 is 5.69 Å². The van der Waals surface area contributed by atoms with Gasteiger partial charge < -0.3 is 14.6 Å². The fraction of sp³-hybridized carbons (Fsp3) is 0.556. The van der Waals surface area contributed by atoms with Gasteiger partial charge >= 0.3 is 5.69 Å². The van der Waals surface area contributed by atoms with E-state index in [1.807, 2.05) is 11.8 Å². The first-order chi connectivity index (χ1) is 7.18. The Morgan fingerprint density at radius 2 is 2.33 bits per heavy atom. The van der Waals surface area contributed by atoms with Crippen LogP contribution < -0.4 is 16.1 Å².